The molecule has 1 aliphatic heterocycles. The quantitative estimate of drug-likeness (QED) is 0.591. The number of carbonyl (C=O) groups is 2. The van der Waals surface area contributed by atoms with Gasteiger partial charge < -0.3 is 10.1 Å². The van der Waals surface area contributed by atoms with Gasteiger partial charge in [-0.2, -0.15) is 0 Å². The summed E-state index contributed by atoms with van der Waals surface area (Å²) in [5.41, 5.74) is 3.69. The molecule has 7 heteroatoms. The Hall–Kier alpha value is -2.64. The molecule has 1 heterocycles. The topological polar surface area (TPSA) is 58.6 Å². The van der Waals surface area contributed by atoms with E-state index in [1.165, 1.54) is 16.7 Å². The van der Waals surface area contributed by atoms with E-state index in [0.29, 0.717) is 14.9 Å². The first-order valence-corrected chi connectivity index (χ1v) is 9.86. The van der Waals surface area contributed by atoms with Gasteiger partial charge in [-0.25, -0.2) is 0 Å². The predicted molar refractivity (Wildman–Crippen MR) is 117 cm³/mol. The standard InChI is InChI=1S/C21H20N2O3S2/c1-13-8-14(2)10-16(9-13)22-19(24)12-23-20(25)18(28-21(23)27)11-15-4-6-17(26-3)7-5-15/h4-11H,12H2,1-3H3,(H,22,24)/b18-11+. The van der Waals surface area contributed by atoms with Crippen LogP contribution in [-0.2, 0) is 9.59 Å². The first kappa shape index (κ1) is 20.1. The number of rotatable bonds is 5. The molecule has 3 rings (SSSR count). The van der Waals surface area contributed by atoms with Gasteiger partial charge in [0.15, 0.2) is 0 Å². The molecule has 1 saturated heterocycles. The zero-order chi connectivity index (χ0) is 20.3. The molecule has 0 bridgehead atoms. The lowest BCUT2D eigenvalue weighted by Crippen LogP contribution is -2.36. The van der Waals surface area contributed by atoms with Gasteiger partial charge in [-0.1, -0.05) is 42.2 Å². The van der Waals surface area contributed by atoms with Gasteiger partial charge in [0.1, 0.15) is 16.6 Å². The van der Waals surface area contributed by atoms with E-state index in [2.05, 4.69) is 5.32 Å². The van der Waals surface area contributed by atoms with Crippen LogP contribution in [0.5, 0.6) is 5.75 Å². The second-order valence-corrected chi connectivity index (χ2v) is 8.14. The fourth-order valence-electron chi connectivity index (χ4n) is 2.88. The largest absolute Gasteiger partial charge is 0.497 e. The average molecular weight is 413 g/mol. The number of amides is 2. The molecule has 1 fully saturated rings. The Morgan fingerprint density at radius 2 is 1.82 bits per heavy atom. The van der Waals surface area contributed by atoms with E-state index in [4.69, 9.17) is 17.0 Å². The first-order chi connectivity index (χ1) is 13.4. The maximum atomic E-state index is 12.7. The molecule has 2 aromatic rings. The van der Waals surface area contributed by atoms with Gasteiger partial charge in [-0.3, -0.25) is 14.5 Å². The highest BCUT2D eigenvalue weighted by Gasteiger charge is 2.33. The van der Waals surface area contributed by atoms with Crippen LogP contribution in [0.25, 0.3) is 6.08 Å². The molecule has 5 nitrogen and oxygen atoms in total. The summed E-state index contributed by atoms with van der Waals surface area (Å²) in [6.45, 7) is 3.82. The van der Waals surface area contributed by atoms with E-state index in [1.54, 1.807) is 13.2 Å². The zero-order valence-corrected chi connectivity index (χ0v) is 17.4. The summed E-state index contributed by atoms with van der Waals surface area (Å²) in [7, 11) is 1.60. The molecule has 0 unspecified atom stereocenters. The van der Waals surface area contributed by atoms with E-state index in [-0.39, 0.29) is 18.4 Å². The van der Waals surface area contributed by atoms with Gasteiger partial charge in [0.2, 0.25) is 5.91 Å². The summed E-state index contributed by atoms with van der Waals surface area (Å²) in [5, 5.41) is 2.83. The Bertz CT molecular complexity index is 948. The van der Waals surface area contributed by atoms with E-state index < -0.39 is 0 Å². The summed E-state index contributed by atoms with van der Waals surface area (Å²) >= 11 is 6.50. The lowest BCUT2D eigenvalue weighted by Gasteiger charge is -2.14. The third-order valence-corrected chi connectivity index (χ3v) is 5.47. The lowest BCUT2D eigenvalue weighted by atomic mass is 10.1. The van der Waals surface area contributed by atoms with Gasteiger partial charge in [0.05, 0.1) is 12.0 Å². The highest BCUT2D eigenvalue weighted by molar-refractivity contribution is 8.26. The molecule has 0 atom stereocenters. The van der Waals surface area contributed by atoms with Crippen molar-refractivity contribution in [3.8, 4) is 5.75 Å². The molecule has 1 N–H and O–H groups in total. The molecule has 0 radical (unpaired) electrons. The van der Waals surface area contributed by atoms with Crippen molar-refractivity contribution in [2.24, 2.45) is 0 Å². The minimum Gasteiger partial charge on any atom is -0.497 e. The monoisotopic (exact) mass is 412 g/mol. The van der Waals surface area contributed by atoms with Crippen LogP contribution in [0.15, 0.2) is 47.4 Å². The van der Waals surface area contributed by atoms with Crippen LogP contribution < -0.4 is 10.1 Å². The van der Waals surface area contributed by atoms with Crippen molar-refractivity contribution in [2.45, 2.75) is 13.8 Å². The molecule has 0 aromatic heterocycles. The Labute approximate surface area is 173 Å². The Morgan fingerprint density at radius 1 is 1.18 bits per heavy atom. The van der Waals surface area contributed by atoms with Gasteiger partial charge in [-0.15, -0.1) is 0 Å². The summed E-state index contributed by atoms with van der Waals surface area (Å²) in [6, 6.07) is 13.2. The number of thioether (sulfide) groups is 1. The van der Waals surface area contributed by atoms with Crippen molar-refractivity contribution in [1.82, 2.24) is 4.90 Å². The molecular formula is C21H20N2O3S2. The number of aryl methyl sites for hydroxylation is 2. The second kappa shape index (κ2) is 8.58. The summed E-state index contributed by atoms with van der Waals surface area (Å²) in [4.78, 5) is 26.9. The zero-order valence-electron chi connectivity index (χ0n) is 15.8. The Morgan fingerprint density at radius 3 is 2.43 bits per heavy atom. The van der Waals surface area contributed by atoms with Crippen molar-refractivity contribution in [3.05, 3.63) is 64.1 Å². The van der Waals surface area contributed by atoms with Crippen LogP contribution >= 0.6 is 24.0 Å². The number of ether oxygens (including phenoxy) is 1. The fraction of sp³-hybridized carbons (Fsp3) is 0.190. The van der Waals surface area contributed by atoms with Crippen LogP contribution in [0, 0.1) is 13.8 Å². The van der Waals surface area contributed by atoms with Crippen molar-refractivity contribution < 1.29 is 14.3 Å². The van der Waals surface area contributed by atoms with Crippen molar-refractivity contribution in [1.29, 1.82) is 0 Å². The second-order valence-electron chi connectivity index (χ2n) is 6.47. The maximum Gasteiger partial charge on any atom is 0.266 e. The molecule has 28 heavy (non-hydrogen) atoms. The van der Waals surface area contributed by atoms with Crippen LogP contribution in [0.3, 0.4) is 0 Å². The number of nitrogens with one attached hydrogen (secondary N) is 1. The number of methoxy groups -OCH3 is 1. The van der Waals surface area contributed by atoms with Gasteiger partial charge >= 0.3 is 0 Å². The smallest absolute Gasteiger partial charge is 0.266 e. The van der Waals surface area contributed by atoms with Crippen molar-refractivity contribution >= 4 is 51.9 Å². The number of benzene rings is 2. The molecular weight excluding hydrogens is 392 g/mol. The SMILES string of the molecule is COc1ccc(/C=C2/SC(=S)N(CC(=O)Nc3cc(C)cc(C)c3)C2=O)cc1. The van der Waals surface area contributed by atoms with Gasteiger partial charge in [-0.05, 0) is 60.9 Å². The number of thiocarbonyl (C=S) groups is 1. The van der Waals surface area contributed by atoms with Gasteiger partial charge in [0.25, 0.3) is 5.91 Å². The number of hydrogen-bond acceptors (Lipinski definition) is 5. The fourth-order valence-corrected chi connectivity index (χ4v) is 4.13. The number of carbonyl (C=O) groups excluding carboxylic acids is 2. The molecule has 144 valence electrons. The third-order valence-electron chi connectivity index (χ3n) is 4.09. The van der Waals surface area contributed by atoms with E-state index in [1.807, 2.05) is 56.3 Å². The number of nitrogens with zero attached hydrogens (tertiary/aromatic N) is 1. The lowest BCUT2D eigenvalue weighted by molar-refractivity contribution is -0.126. The van der Waals surface area contributed by atoms with E-state index in [9.17, 15) is 9.59 Å². The average Bonchev–Trinajstić information content (AvgIpc) is 2.89. The van der Waals surface area contributed by atoms with Crippen LogP contribution in [0.1, 0.15) is 16.7 Å². The van der Waals surface area contributed by atoms with Crippen LogP contribution in [-0.4, -0.2) is 34.7 Å². The van der Waals surface area contributed by atoms with E-state index in [0.717, 1.165) is 22.4 Å². The Balaban J connectivity index is 1.69. The predicted octanol–water partition coefficient (Wildman–Crippen LogP) is 4.15. The number of anilines is 1. The Kier molecular flexibility index (Phi) is 6.16. The van der Waals surface area contributed by atoms with E-state index >= 15 is 0 Å². The minimum absolute atomic E-state index is 0.113. The summed E-state index contributed by atoms with van der Waals surface area (Å²) in [6.07, 6.45) is 1.76. The molecule has 0 spiro atoms. The van der Waals surface area contributed by atoms with Crippen LogP contribution in [0.4, 0.5) is 5.69 Å². The summed E-state index contributed by atoms with van der Waals surface area (Å²) in [5.74, 6) is 0.196. The van der Waals surface area contributed by atoms with Gasteiger partial charge in [0, 0.05) is 5.69 Å². The minimum atomic E-state index is -0.285. The molecule has 2 aromatic carbocycles. The maximum absolute atomic E-state index is 12.7. The highest BCUT2D eigenvalue weighted by atomic mass is 32.2. The van der Waals surface area contributed by atoms with Crippen LogP contribution in [0.2, 0.25) is 0 Å². The molecule has 1 aliphatic rings. The van der Waals surface area contributed by atoms with Crippen molar-refractivity contribution in [3.63, 3.8) is 0 Å². The molecule has 2 amide bonds. The normalized spacial score (nSPS) is 15.2. The highest BCUT2D eigenvalue weighted by Crippen LogP contribution is 2.32. The van der Waals surface area contributed by atoms with Crippen molar-refractivity contribution in [2.75, 3.05) is 19.0 Å². The summed E-state index contributed by atoms with van der Waals surface area (Å²) < 4.78 is 5.51. The third kappa shape index (κ3) is 4.79. The molecule has 0 aliphatic carbocycles. The molecule has 0 saturated carbocycles. The first-order valence-electron chi connectivity index (χ1n) is 8.63. The number of hydrogen-bond donors (Lipinski definition) is 1.